The second kappa shape index (κ2) is 5.90. The maximum absolute atomic E-state index is 11.8. The normalized spacial score (nSPS) is 12.2. The van der Waals surface area contributed by atoms with Crippen LogP contribution in [-0.2, 0) is 11.3 Å². The molecule has 0 heterocycles. The number of carbonyl (C=O) groups excluding carboxylic acids is 1. The summed E-state index contributed by atoms with van der Waals surface area (Å²) in [6, 6.07) is 8.09. The van der Waals surface area contributed by atoms with Gasteiger partial charge in [-0.25, -0.2) is 0 Å². The van der Waals surface area contributed by atoms with Gasteiger partial charge in [0.25, 0.3) is 0 Å². The van der Waals surface area contributed by atoms with Gasteiger partial charge in [-0.15, -0.1) is 11.6 Å². The van der Waals surface area contributed by atoms with Gasteiger partial charge in [-0.05, 0) is 31.9 Å². The molecule has 0 saturated heterocycles. The zero-order valence-electron chi connectivity index (χ0n) is 10.0. The van der Waals surface area contributed by atoms with Gasteiger partial charge < -0.3 is 4.90 Å². The van der Waals surface area contributed by atoms with E-state index < -0.39 is 5.38 Å². The molecule has 1 atom stereocenters. The van der Waals surface area contributed by atoms with Crippen molar-refractivity contribution >= 4 is 17.5 Å². The number of nitrogens with zero attached hydrogens (tertiary/aromatic N) is 1. The number of benzene rings is 1. The fourth-order valence-electron chi connectivity index (χ4n) is 1.59. The van der Waals surface area contributed by atoms with E-state index in [-0.39, 0.29) is 5.91 Å². The lowest BCUT2D eigenvalue weighted by atomic mass is 10.1. The molecule has 1 aromatic carbocycles. The fraction of sp³-hybridized carbons (Fsp3) is 0.462. The van der Waals surface area contributed by atoms with Gasteiger partial charge in [0.2, 0.25) is 5.91 Å². The highest BCUT2D eigenvalue weighted by Gasteiger charge is 2.17. The van der Waals surface area contributed by atoms with E-state index in [4.69, 9.17) is 11.6 Å². The summed E-state index contributed by atoms with van der Waals surface area (Å²) in [6.07, 6.45) is 0. The molecular weight excluding hydrogens is 222 g/mol. The third kappa shape index (κ3) is 3.24. The minimum atomic E-state index is -0.455. The number of halogens is 1. The van der Waals surface area contributed by atoms with E-state index >= 15 is 0 Å². The predicted molar refractivity (Wildman–Crippen MR) is 67.6 cm³/mol. The molecule has 0 saturated carbocycles. The highest BCUT2D eigenvalue weighted by molar-refractivity contribution is 6.30. The summed E-state index contributed by atoms with van der Waals surface area (Å²) < 4.78 is 0. The molecule has 0 aliphatic rings. The Hall–Kier alpha value is -1.02. The molecule has 1 unspecified atom stereocenters. The monoisotopic (exact) mass is 239 g/mol. The molecule has 3 heteroatoms. The fourth-order valence-corrected chi connectivity index (χ4v) is 1.73. The number of alkyl halides is 1. The smallest absolute Gasteiger partial charge is 0.240 e. The van der Waals surface area contributed by atoms with Gasteiger partial charge >= 0.3 is 0 Å². The molecule has 1 rings (SSSR count). The van der Waals surface area contributed by atoms with Gasteiger partial charge in [-0.2, -0.15) is 0 Å². The number of amides is 1. The van der Waals surface area contributed by atoms with E-state index in [0.29, 0.717) is 13.1 Å². The Morgan fingerprint density at radius 2 is 2.06 bits per heavy atom. The molecule has 2 nitrogen and oxygen atoms in total. The van der Waals surface area contributed by atoms with Crippen LogP contribution in [0.2, 0.25) is 0 Å². The molecule has 0 spiro atoms. The van der Waals surface area contributed by atoms with Gasteiger partial charge in [0.15, 0.2) is 0 Å². The molecule has 16 heavy (non-hydrogen) atoms. The van der Waals surface area contributed by atoms with Crippen molar-refractivity contribution in [2.24, 2.45) is 0 Å². The van der Waals surface area contributed by atoms with E-state index in [1.165, 1.54) is 11.1 Å². The number of rotatable bonds is 4. The summed E-state index contributed by atoms with van der Waals surface area (Å²) >= 11 is 5.82. The quantitative estimate of drug-likeness (QED) is 0.740. The Labute approximate surface area is 102 Å². The van der Waals surface area contributed by atoms with Crippen LogP contribution in [0, 0.1) is 6.92 Å². The molecule has 0 bridgehead atoms. The molecule has 0 aliphatic carbocycles. The molecule has 0 N–H and O–H groups in total. The average molecular weight is 240 g/mol. The first-order chi connectivity index (χ1) is 7.56. The summed E-state index contributed by atoms with van der Waals surface area (Å²) in [6.45, 7) is 7.06. The van der Waals surface area contributed by atoms with E-state index in [1.54, 1.807) is 11.8 Å². The molecule has 88 valence electrons. The number of carbonyl (C=O) groups is 1. The van der Waals surface area contributed by atoms with Crippen molar-refractivity contribution in [1.29, 1.82) is 0 Å². The van der Waals surface area contributed by atoms with Gasteiger partial charge in [-0.1, -0.05) is 24.3 Å². The molecule has 1 aromatic rings. The van der Waals surface area contributed by atoms with E-state index in [2.05, 4.69) is 13.0 Å². The van der Waals surface area contributed by atoms with Crippen molar-refractivity contribution < 1.29 is 4.79 Å². The van der Waals surface area contributed by atoms with Crippen molar-refractivity contribution in [1.82, 2.24) is 4.90 Å². The van der Waals surface area contributed by atoms with Gasteiger partial charge in [-0.3, -0.25) is 4.79 Å². The Balaban J connectivity index is 2.78. The molecule has 0 radical (unpaired) electrons. The Morgan fingerprint density at radius 1 is 1.44 bits per heavy atom. The van der Waals surface area contributed by atoms with E-state index in [1.807, 2.05) is 25.1 Å². The Bertz CT molecular complexity index is 363. The Kier molecular flexibility index (Phi) is 4.81. The number of aryl methyl sites for hydroxylation is 1. The minimum absolute atomic E-state index is 0.00702. The van der Waals surface area contributed by atoms with Crippen LogP contribution in [0.4, 0.5) is 0 Å². The summed E-state index contributed by atoms with van der Waals surface area (Å²) in [7, 11) is 0. The van der Waals surface area contributed by atoms with Crippen LogP contribution in [0.3, 0.4) is 0 Å². The summed E-state index contributed by atoms with van der Waals surface area (Å²) in [4.78, 5) is 13.6. The van der Waals surface area contributed by atoms with Crippen LogP contribution in [0.1, 0.15) is 25.0 Å². The van der Waals surface area contributed by atoms with Crippen LogP contribution in [0.5, 0.6) is 0 Å². The zero-order valence-corrected chi connectivity index (χ0v) is 10.8. The van der Waals surface area contributed by atoms with Crippen molar-refractivity contribution in [3.8, 4) is 0 Å². The first-order valence-electron chi connectivity index (χ1n) is 5.53. The van der Waals surface area contributed by atoms with Crippen molar-refractivity contribution in [3.63, 3.8) is 0 Å². The SMILES string of the molecule is CCN(Cc1ccccc1C)C(=O)C(C)Cl. The highest BCUT2D eigenvalue weighted by Crippen LogP contribution is 2.12. The maximum Gasteiger partial charge on any atom is 0.240 e. The van der Waals surface area contributed by atoms with Gasteiger partial charge in [0, 0.05) is 13.1 Å². The topological polar surface area (TPSA) is 20.3 Å². The summed E-state index contributed by atoms with van der Waals surface area (Å²) in [5.74, 6) is -0.00702. The number of hydrogen-bond acceptors (Lipinski definition) is 1. The first-order valence-corrected chi connectivity index (χ1v) is 5.97. The maximum atomic E-state index is 11.8. The zero-order chi connectivity index (χ0) is 12.1. The van der Waals surface area contributed by atoms with E-state index in [9.17, 15) is 4.79 Å². The lowest BCUT2D eigenvalue weighted by Crippen LogP contribution is -2.35. The van der Waals surface area contributed by atoms with Crippen LogP contribution < -0.4 is 0 Å². The second-order valence-electron chi connectivity index (χ2n) is 3.89. The highest BCUT2D eigenvalue weighted by atomic mass is 35.5. The Morgan fingerprint density at radius 3 is 2.56 bits per heavy atom. The summed E-state index contributed by atoms with van der Waals surface area (Å²) in [5.41, 5.74) is 2.38. The van der Waals surface area contributed by atoms with Gasteiger partial charge in [0.1, 0.15) is 5.38 Å². The number of hydrogen-bond donors (Lipinski definition) is 0. The van der Waals surface area contributed by atoms with Crippen molar-refractivity contribution in [2.75, 3.05) is 6.54 Å². The van der Waals surface area contributed by atoms with Gasteiger partial charge in [0.05, 0.1) is 0 Å². The van der Waals surface area contributed by atoms with Crippen molar-refractivity contribution in [2.45, 2.75) is 32.7 Å². The lowest BCUT2D eigenvalue weighted by Gasteiger charge is -2.23. The summed E-state index contributed by atoms with van der Waals surface area (Å²) in [5, 5.41) is -0.455. The predicted octanol–water partition coefficient (Wildman–Crippen LogP) is 2.97. The third-order valence-electron chi connectivity index (χ3n) is 2.66. The third-order valence-corrected chi connectivity index (χ3v) is 2.84. The average Bonchev–Trinajstić information content (AvgIpc) is 2.27. The molecule has 0 aromatic heterocycles. The van der Waals surface area contributed by atoms with E-state index in [0.717, 1.165) is 0 Å². The molecule has 0 aliphatic heterocycles. The molecular formula is C13H18ClNO. The van der Waals surface area contributed by atoms with Crippen LogP contribution in [0.15, 0.2) is 24.3 Å². The second-order valence-corrected chi connectivity index (χ2v) is 4.55. The molecule has 0 fully saturated rings. The first kappa shape index (κ1) is 13.0. The largest absolute Gasteiger partial charge is 0.337 e. The minimum Gasteiger partial charge on any atom is -0.337 e. The van der Waals surface area contributed by atoms with Crippen molar-refractivity contribution in [3.05, 3.63) is 35.4 Å². The van der Waals surface area contributed by atoms with Crippen LogP contribution in [0.25, 0.3) is 0 Å². The standard InChI is InChI=1S/C13H18ClNO/c1-4-15(13(16)11(3)14)9-12-8-6-5-7-10(12)2/h5-8,11H,4,9H2,1-3H3. The van der Waals surface area contributed by atoms with Crippen LogP contribution in [-0.4, -0.2) is 22.7 Å². The molecule has 1 amide bonds. The lowest BCUT2D eigenvalue weighted by molar-refractivity contribution is -0.130. The van der Waals surface area contributed by atoms with Crippen LogP contribution >= 0.6 is 11.6 Å².